The zero-order chi connectivity index (χ0) is 20.7. The lowest BCUT2D eigenvalue weighted by molar-refractivity contribution is 0.0600. The SMILES string of the molecule is CCOc1cc(C(=O)OC)cc(NC(=S)Nc2ccc(C)cc2F)c1OCC. The molecule has 150 valence electrons. The summed E-state index contributed by atoms with van der Waals surface area (Å²) >= 11 is 5.30. The van der Waals surface area contributed by atoms with Gasteiger partial charge in [0, 0.05) is 0 Å². The molecule has 0 saturated heterocycles. The van der Waals surface area contributed by atoms with E-state index in [9.17, 15) is 9.18 Å². The van der Waals surface area contributed by atoms with Crippen LogP contribution in [0, 0.1) is 12.7 Å². The Hall–Kier alpha value is -2.87. The van der Waals surface area contributed by atoms with E-state index in [1.807, 2.05) is 13.8 Å². The van der Waals surface area contributed by atoms with Crippen LogP contribution in [-0.2, 0) is 4.74 Å². The summed E-state index contributed by atoms with van der Waals surface area (Å²) in [5, 5.41) is 5.88. The Morgan fingerprint density at radius 3 is 2.36 bits per heavy atom. The molecule has 0 heterocycles. The van der Waals surface area contributed by atoms with E-state index in [0.29, 0.717) is 30.4 Å². The third-order valence-corrected chi connectivity index (χ3v) is 3.89. The first kappa shape index (κ1) is 21.4. The van der Waals surface area contributed by atoms with Gasteiger partial charge in [-0.1, -0.05) is 6.07 Å². The number of methoxy groups -OCH3 is 1. The maximum atomic E-state index is 14.1. The van der Waals surface area contributed by atoms with E-state index < -0.39 is 11.8 Å². The predicted molar refractivity (Wildman–Crippen MR) is 111 cm³/mol. The quantitative estimate of drug-likeness (QED) is 0.517. The number of nitrogens with one attached hydrogen (secondary N) is 2. The van der Waals surface area contributed by atoms with Gasteiger partial charge in [-0.25, -0.2) is 9.18 Å². The Bertz CT molecular complexity index is 874. The minimum absolute atomic E-state index is 0.133. The van der Waals surface area contributed by atoms with Crippen molar-refractivity contribution in [2.45, 2.75) is 20.8 Å². The fraction of sp³-hybridized carbons (Fsp3) is 0.300. The maximum absolute atomic E-state index is 14.1. The molecular weight excluding hydrogens is 383 g/mol. The molecule has 2 aromatic carbocycles. The Labute approximate surface area is 169 Å². The highest BCUT2D eigenvalue weighted by atomic mass is 32.1. The van der Waals surface area contributed by atoms with Crippen molar-refractivity contribution in [3.8, 4) is 11.5 Å². The van der Waals surface area contributed by atoms with Crippen LogP contribution in [0.1, 0.15) is 29.8 Å². The molecule has 0 aliphatic rings. The molecule has 28 heavy (non-hydrogen) atoms. The molecule has 0 aromatic heterocycles. The maximum Gasteiger partial charge on any atom is 0.338 e. The zero-order valence-corrected chi connectivity index (χ0v) is 17.0. The highest BCUT2D eigenvalue weighted by molar-refractivity contribution is 7.80. The summed E-state index contributed by atoms with van der Waals surface area (Å²) in [6.45, 7) is 6.19. The van der Waals surface area contributed by atoms with Crippen LogP contribution in [0.25, 0.3) is 0 Å². The van der Waals surface area contributed by atoms with E-state index in [1.165, 1.54) is 13.2 Å². The van der Waals surface area contributed by atoms with Crippen LogP contribution < -0.4 is 20.1 Å². The predicted octanol–water partition coefficient (Wildman–Crippen LogP) is 4.53. The molecule has 0 aliphatic carbocycles. The monoisotopic (exact) mass is 406 g/mol. The summed E-state index contributed by atoms with van der Waals surface area (Å²) in [7, 11) is 1.29. The van der Waals surface area contributed by atoms with Crippen molar-refractivity contribution in [3.05, 3.63) is 47.3 Å². The van der Waals surface area contributed by atoms with Gasteiger partial charge in [0.25, 0.3) is 0 Å². The summed E-state index contributed by atoms with van der Waals surface area (Å²) in [6, 6.07) is 7.85. The average molecular weight is 406 g/mol. The number of hydrogen-bond acceptors (Lipinski definition) is 5. The van der Waals surface area contributed by atoms with Gasteiger partial charge < -0.3 is 24.8 Å². The summed E-state index contributed by atoms with van der Waals surface area (Å²) in [6.07, 6.45) is 0. The number of aryl methyl sites for hydroxylation is 1. The molecule has 6 nitrogen and oxygen atoms in total. The molecule has 8 heteroatoms. The van der Waals surface area contributed by atoms with Crippen molar-refractivity contribution in [2.24, 2.45) is 0 Å². The minimum Gasteiger partial charge on any atom is -0.490 e. The van der Waals surface area contributed by atoms with Gasteiger partial charge in [0.05, 0.1) is 37.3 Å². The van der Waals surface area contributed by atoms with Crippen molar-refractivity contribution in [1.82, 2.24) is 0 Å². The number of anilines is 2. The van der Waals surface area contributed by atoms with Crippen LogP contribution in [0.15, 0.2) is 30.3 Å². The number of carbonyl (C=O) groups is 1. The number of carbonyl (C=O) groups excluding carboxylic acids is 1. The number of thiocarbonyl (C=S) groups is 1. The first-order chi connectivity index (χ1) is 13.4. The van der Waals surface area contributed by atoms with E-state index in [1.54, 1.807) is 31.2 Å². The van der Waals surface area contributed by atoms with Crippen molar-refractivity contribution < 1.29 is 23.4 Å². The number of rotatable bonds is 7. The van der Waals surface area contributed by atoms with Crippen molar-refractivity contribution in [3.63, 3.8) is 0 Å². The lowest BCUT2D eigenvalue weighted by Gasteiger charge is -2.18. The molecule has 0 fully saturated rings. The van der Waals surface area contributed by atoms with Gasteiger partial charge in [0.2, 0.25) is 0 Å². The Morgan fingerprint density at radius 1 is 1.07 bits per heavy atom. The fourth-order valence-electron chi connectivity index (χ4n) is 2.48. The van der Waals surface area contributed by atoms with Crippen LogP contribution >= 0.6 is 12.2 Å². The topological polar surface area (TPSA) is 68.8 Å². The highest BCUT2D eigenvalue weighted by Crippen LogP contribution is 2.37. The average Bonchev–Trinajstić information content (AvgIpc) is 2.66. The van der Waals surface area contributed by atoms with Crippen LogP contribution in [0.4, 0.5) is 15.8 Å². The molecule has 0 spiro atoms. The number of ether oxygens (including phenoxy) is 3. The van der Waals surface area contributed by atoms with Gasteiger partial charge in [-0.05, 0) is 62.8 Å². The third-order valence-electron chi connectivity index (χ3n) is 3.69. The zero-order valence-electron chi connectivity index (χ0n) is 16.2. The van der Waals surface area contributed by atoms with Gasteiger partial charge in [-0.15, -0.1) is 0 Å². The number of esters is 1. The van der Waals surface area contributed by atoms with Gasteiger partial charge in [0.1, 0.15) is 5.82 Å². The molecule has 2 rings (SSSR count). The molecular formula is C20H23FN2O4S. The van der Waals surface area contributed by atoms with E-state index in [0.717, 1.165) is 5.56 Å². The van der Waals surface area contributed by atoms with Crippen LogP contribution in [0.2, 0.25) is 0 Å². The number of benzene rings is 2. The first-order valence-corrected chi connectivity index (χ1v) is 9.16. The second kappa shape index (κ2) is 9.89. The van der Waals surface area contributed by atoms with Crippen LogP contribution in [0.5, 0.6) is 11.5 Å². The van der Waals surface area contributed by atoms with E-state index in [4.69, 9.17) is 26.4 Å². The summed E-state index contributed by atoms with van der Waals surface area (Å²) in [5.74, 6) is -0.187. The largest absolute Gasteiger partial charge is 0.490 e. The third kappa shape index (κ3) is 5.32. The van der Waals surface area contributed by atoms with E-state index in [2.05, 4.69) is 10.6 Å². The molecule has 0 saturated carbocycles. The fourth-order valence-corrected chi connectivity index (χ4v) is 2.70. The molecule has 0 amide bonds. The molecule has 2 N–H and O–H groups in total. The van der Waals surface area contributed by atoms with Crippen LogP contribution in [0.3, 0.4) is 0 Å². The Kier molecular flexibility index (Phi) is 7.57. The van der Waals surface area contributed by atoms with Crippen molar-refractivity contribution >= 4 is 34.7 Å². The second-order valence-electron chi connectivity index (χ2n) is 5.77. The van der Waals surface area contributed by atoms with Gasteiger partial charge in [-0.3, -0.25) is 0 Å². The Morgan fingerprint density at radius 2 is 1.75 bits per heavy atom. The number of hydrogen-bond donors (Lipinski definition) is 2. The smallest absolute Gasteiger partial charge is 0.338 e. The minimum atomic E-state index is -0.532. The highest BCUT2D eigenvalue weighted by Gasteiger charge is 2.18. The first-order valence-electron chi connectivity index (χ1n) is 8.75. The van der Waals surface area contributed by atoms with Crippen molar-refractivity contribution in [1.29, 1.82) is 0 Å². The van der Waals surface area contributed by atoms with E-state index >= 15 is 0 Å². The molecule has 0 bridgehead atoms. The standard InChI is InChI=1S/C20H23FN2O4S/c1-5-26-17-11-13(19(24)25-4)10-16(18(17)27-6-2)23-20(28)22-15-8-7-12(3)9-14(15)21/h7-11H,5-6H2,1-4H3,(H2,22,23,28). The molecule has 0 unspecified atom stereocenters. The Balaban J connectivity index is 2.36. The summed E-state index contributed by atoms with van der Waals surface area (Å²) in [5.41, 5.74) is 1.70. The number of halogens is 1. The van der Waals surface area contributed by atoms with Crippen molar-refractivity contribution in [2.75, 3.05) is 31.0 Å². The lowest BCUT2D eigenvalue weighted by Crippen LogP contribution is -2.21. The van der Waals surface area contributed by atoms with Gasteiger partial charge in [-0.2, -0.15) is 0 Å². The van der Waals surface area contributed by atoms with E-state index in [-0.39, 0.29) is 16.4 Å². The summed E-state index contributed by atoms with van der Waals surface area (Å²) in [4.78, 5) is 12.0. The second-order valence-corrected chi connectivity index (χ2v) is 6.18. The van der Waals surface area contributed by atoms with Gasteiger partial charge >= 0.3 is 5.97 Å². The van der Waals surface area contributed by atoms with Gasteiger partial charge in [0.15, 0.2) is 16.6 Å². The normalized spacial score (nSPS) is 10.2. The summed E-state index contributed by atoms with van der Waals surface area (Å²) < 4.78 is 30.1. The molecule has 0 atom stereocenters. The lowest BCUT2D eigenvalue weighted by atomic mass is 10.1. The molecule has 0 aliphatic heterocycles. The molecule has 0 radical (unpaired) electrons. The molecule has 2 aromatic rings. The van der Waals surface area contributed by atoms with Crippen LogP contribution in [-0.4, -0.2) is 31.4 Å².